The highest BCUT2D eigenvalue weighted by atomic mass is 35.5. The zero-order valence-electron chi connectivity index (χ0n) is 12.9. The molecule has 1 rings (SSSR count). The number of amides is 1. The second-order valence-corrected chi connectivity index (χ2v) is 5.03. The molecular weight excluding hydrogens is 295 g/mol. The van der Waals surface area contributed by atoms with E-state index >= 15 is 0 Å². The fourth-order valence-corrected chi connectivity index (χ4v) is 1.94. The quantitative estimate of drug-likeness (QED) is 0.847. The maximum atomic E-state index is 13.3. The summed E-state index contributed by atoms with van der Waals surface area (Å²) in [6.07, 6.45) is 0.826. The Bertz CT molecular complexity index is 471. The molecule has 0 saturated heterocycles. The van der Waals surface area contributed by atoms with Crippen LogP contribution in [0.15, 0.2) is 18.2 Å². The average Bonchev–Trinajstić information content (AvgIpc) is 2.45. The van der Waals surface area contributed by atoms with Crippen LogP contribution in [0, 0.1) is 11.7 Å². The molecule has 3 atom stereocenters. The second-order valence-electron chi connectivity index (χ2n) is 5.03. The van der Waals surface area contributed by atoms with Gasteiger partial charge in [0, 0.05) is 5.56 Å². The number of ether oxygens (including phenoxy) is 1. The number of halogens is 2. The van der Waals surface area contributed by atoms with E-state index in [4.69, 9.17) is 10.5 Å². The maximum absolute atomic E-state index is 13.3. The first-order valence-electron chi connectivity index (χ1n) is 6.80. The van der Waals surface area contributed by atoms with E-state index in [0.717, 1.165) is 6.42 Å². The molecule has 4 nitrogen and oxygen atoms in total. The fraction of sp³-hybridized carbons (Fsp3) is 0.533. The van der Waals surface area contributed by atoms with Gasteiger partial charge in [-0.3, -0.25) is 4.79 Å². The number of methoxy groups -OCH3 is 1. The molecular formula is C15H24ClFN2O2. The van der Waals surface area contributed by atoms with Gasteiger partial charge in [-0.05, 0) is 31.0 Å². The molecule has 0 aromatic heterocycles. The van der Waals surface area contributed by atoms with Gasteiger partial charge in [-0.1, -0.05) is 20.3 Å². The lowest BCUT2D eigenvalue weighted by atomic mass is 9.98. The van der Waals surface area contributed by atoms with Gasteiger partial charge >= 0.3 is 0 Å². The van der Waals surface area contributed by atoms with Crippen LogP contribution in [-0.4, -0.2) is 19.1 Å². The Morgan fingerprint density at radius 2 is 2.05 bits per heavy atom. The number of nitrogens with one attached hydrogen (secondary N) is 1. The van der Waals surface area contributed by atoms with Crippen molar-refractivity contribution in [3.8, 4) is 5.75 Å². The zero-order valence-corrected chi connectivity index (χ0v) is 13.7. The predicted molar refractivity (Wildman–Crippen MR) is 84.2 cm³/mol. The Morgan fingerprint density at radius 1 is 1.43 bits per heavy atom. The molecule has 0 saturated carbocycles. The lowest BCUT2D eigenvalue weighted by Crippen LogP contribution is -2.45. The molecule has 0 aliphatic rings. The number of rotatable bonds is 6. The first-order valence-corrected chi connectivity index (χ1v) is 6.80. The lowest BCUT2D eigenvalue weighted by Gasteiger charge is -2.22. The molecule has 0 aliphatic heterocycles. The van der Waals surface area contributed by atoms with E-state index in [0.29, 0.717) is 11.3 Å². The molecule has 21 heavy (non-hydrogen) atoms. The van der Waals surface area contributed by atoms with Gasteiger partial charge in [0.15, 0.2) is 0 Å². The van der Waals surface area contributed by atoms with Gasteiger partial charge in [0.1, 0.15) is 11.6 Å². The summed E-state index contributed by atoms with van der Waals surface area (Å²) in [6, 6.07) is 3.28. The summed E-state index contributed by atoms with van der Waals surface area (Å²) in [5.74, 6) is 0.0270. The molecule has 0 bridgehead atoms. The first-order chi connectivity index (χ1) is 9.40. The van der Waals surface area contributed by atoms with Gasteiger partial charge in [0.25, 0.3) is 0 Å². The van der Waals surface area contributed by atoms with E-state index in [1.807, 2.05) is 13.8 Å². The largest absolute Gasteiger partial charge is 0.496 e. The third-order valence-corrected chi connectivity index (χ3v) is 3.58. The van der Waals surface area contributed by atoms with E-state index in [9.17, 15) is 9.18 Å². The van der Waals surface area contributed by atoms with Crippen molar-refractivity contribution < 1.29 is 13.9 Å². The van der Waals surface area contributed by atoms with Gasteiger partial charge in [-0.15, -0.1) is 12.4 Å². The summed E-state index contributed by atoms with van der Waals surface area (Å²) in [7, 11) is 1.51. The van der Waals surface area contributed by atoms with Crippen molar-refractivity contribution >= 4 is 18.3 Å². The number of carbonyl (C=O) groups is 1. The van der Waals surface area contributed by atoms with Crippen molar-refractivity contribution in [3.63, 3.8) is 0 Å². The minimum Gasteiger partial charge on any atom is -0.496 e. The fourth-order valence-electron chi connectivity index (χ4n) is 1.94. The monoisotopic (exact) mass is 318 g/mol. The van der Waals surface area contributed by atoms with Crippen LogP contribution in [0.25, 0.3) is 0 Å². The zero-order chi connectivity index (χ0) is 15.3. The molecule has 3 N–H and O–H groups in total. The Labute approximate surface area is 131 Å². The van der Waals surface area contributed by atoms with Gasteiger partial charge < -0.3 is 15.8 Å². The van der Waals surface area contributed by atoms with Crippen LogP contribution < -0.4 is 15.8 Å². The van der Waals surface area contributed by atoms with Crippen LogP contribution in [0.1, 0.15) is 38.8 Å². The Kier molecular flexibility index (Phi) is 8.29. The van der Waals surface area contributed by atoms with E-state index in [-0.39, 0.29) is 36.1 Å². The van der Waals surface area contributed by atoms with Crippen LogP contribution in [-0.2, 0) is 4.79 Å². The Balaban J connectivity index is 0.00000400. The summed E-state index contributed by atoms with van der Waals surface area (Å²) in [4.78, 5) is 12.0. The summed E-state index contributed by atoms with van der Waals surface area (Å²) in [6.45, 7) is 5.69. The maximum Gasteiger partial charge on any atom is 0.237 e. The van der Waals surface area contributed by atoms with Crippen molar-refractivity contribution in [2.45, 2.75) is 39.3 Å². The highest BCUT2D eigenvalue weighted by molar-refractivity contribution is 5.85. The normalized spacial score (nSPS) is 14.6. The van der Waals surface area contributed by atoms with E-state index in [2.05, 4.69) is 5.32 Å². The summed E-state index contributed by atoms with van der Waals surface area (Å²) < 4.78 is 18.5. The summed E-state index contributed by atoms with van der Waals surface area (Å²) in [5.41, 5.74) is 6.48. The molecule has 1 aromatic rings. The van der Waals surface area contributed by atoms with E-state index < -0.39 is 6.04 Å². The molecule has 1 aromatic carbocycles. The molecule has 0 spiro atoms. The van der Waals surface area contributed by atoms with Crippen molar-refractivity contribution in [1.29, 1.82) is 0 Å². The first kappa shape index (κ1) is 19.7. The average molecular weight is 319 g/mol. The highest BCUT2D eigenvalue weighted by Gasteiger charge is 2.22. The Hall–Kier alpha value is -1.33. The minimum atomic E-state index is -0.568. The van der Waals surface area contributed by atoms with Crippen molar-refractivity contribution in [2.24, 2.45) is 11.7 Å². The van der Waals surface area contributed by atoms with Gasteiger partial charge in [-0.25, -0.2) is 4.39 Å². The molecule has 0 fully saturated rings. The van der Waals surface area contributed by atoms with Crippen LogP contribution >= 0.6 is 12.4 Å². The second kappa shape index (κ2) is 8.85. The number of carbonyl (C=O) groups excluding carboxylic acids is 1. The standard InChI is InChI=1S/C15H23FN2O2.ClH/c1-5-9(2)14(17)15(19)18-10(3)12-8-11(16)6-7-13(12)20-4;/h6-10,14H,5,17H2,1-4H3,(H,18,19);1H. The smallest absolute Gasteiger partial charge is 0.237 e. The van der Waals surface area contributed by atoms with Crippen LogP contribution in [0.3, 0.4) is 0 Å². The highest BCUT2D eigenvalue weighted by Crippen LogP contribution is 2.26. The lowest BCUT2D eigenvalue weighted by molar-refractivity contribution is -0.124. The SMILES string of the molecule is CCC(C)C(N)C(=O)NC(C)c1cc(F)ccc1OC.Cl. The molecule has 6 heteroatoms. The van der Waals surface area contributed by atoms with Crippen molar-refractivity contribution in [1.82, 2.24) is 5.32 Å². The third kappa shape index (κ3) is 5.17. The third-order valence-electron chi connectivity index (χ3n) is 3.58. The predicted octanol–water partition coefficient (Wildman–Crippen LogP) is 2.81. The minimum absolute atomic E-state index is 0. The van der Waals surface area contributed by atoms with E-state index in [1.165, 1.54) is 19.2 Å². The Morgan fingerprint density at radius 3 is 2.57 bits per heavy atom. The summed E-state index contributed by atoms with van der Waals surface area (Å²) in [5, 5.41) is 2.80. The van der Waals surface area contributed by atoms with Gasteiger partial charge in [0.05, 0.1) is 19.2 Å². The van der Waals surface area contributed by atoms with Crippen molar-refractivity contribution in [3.05, 3.63) is 29.6 Å². The molecule has 120 valence electrons. The number of benzene rings is 1. The molecule has 3 unspecified atom stereocenters. The van der Waals surface area contributed by atoms with E-state index in [1.54, 1.807) is 13.0 Å². The van der Waals surface area contributed by atoms with Crippen LogP contribution in [0.2, 0.25) is 0 Å². The topological polar surface area (TPSA) is 64.4 Å². The van der Waals surface area contributed by atoms with Crippen LogP contribution in [0.5, 0.6) is 5.75 Å². The molecule has 0 radical (unpaired) electrons. The molecule has 0 heterocycles. The van der Waals surface area contributed by atoms with Crippen LogP contribution in [0.4, 0.5) is 4.39 Å². The molecule has 0 aliphatic carbocycles. The number of hydrogen-bond donors (Lipinski definition) is 2. The molecule has 1 amide bonds. The number of hydrogen-bond acceptors (Lipinski definition) is 3. The number of nitrogens with two attached hydrogens (primary N) is 1. The summed E-state index contributed by atoms with van der Waals surface area (Å²) >= 11 is 0. The van der Waals surface area contributed by atoms with Crippen molar-refractivity contribution in [2.75, 3.05) is 7.11 Å². The van der Waals surface area contributed by atoms with Gasteiger partial charge in [-0.2, -0.15) is 0 Å². The van der Waals surface area contributed by atoms with Gasteiger partial charge in [0.2, 0.25) is 5.91 Å².